The van der Waals surface area contributed by atoms with Crippen molar-refractivity contribution in [1.29, 1.82) is 0 Å². The molecule has 1 aromatic heterocycles. The number of β-amino-alcohol motifs (C(OH)–C–C–N with tert-alkyl or cyclic N) is 1. The van der Waals surface area contributed by atoms with Crippen LogP contribution < -0.4 is 11.1 Å². The molecule has 1 fully saturated rings. The second-order valence-electron chi connectivity index (χ2n) is 9.45. The molecule has 4 N–H and O–H groups in total. The Morgan fingerprint density at radius 1 is 1.25 bits per heavy atom. The quantitative estimate of drug-likeness (QED) is 0.659. The summed E-state index contributed by atoms with van der Waals surface area (Å²) in [5.41, 5.74) is 7.64. The van der Waals surface area contributed by atoms with E-state index in [1.807, 2.05) is 39.8 Å². The van der Waals surface area contributed by atoms with Crippen molar-refractivity contribution in [2.45, 2.75) is 58.3 Å². The van der Waals surface area contributed by atoms with Gasteiger partial charge in [-0.3, -0.25) is 14.6 Å². The van der Waals surface area contributed by atoms with Gasteiger partial charge in [-0.15, -0.1) is 0 Å². The van der Waals surface area contributed by atoms with E-state index in [0.29, 0.717) is 11.1 Å². The number of hydrogen-bond donors (Lipinski definition) is 3. The third kappa shape index (κ3) is 5.14. The number of aliphatic hydroxyl groups is 1. The van der Waals surface area contributed by atoms with Gasteiger partial charge in [0.15, 0.2) is 0 Å². The average molecular weight is 443 g/mol. The van der Waals surface area contributed by atoms with E-state index in [-0.39, 0.29) is 30.8 Å². The molecule has 2 heterocycles. The van der Waals surface area contributed by atoms with Gasteiger partial charge in [0, 0.05) is 24.7 Å². The number of aromatic nitrogens is 1. The topological polar surface area (TPSA) is 109 Å². The maximum Gasteiger partial charge on any atom is 0.243 e. The lowest BCUT2D eigenvalue weighted by molar-refractivity contribution is -0.141. The molecule has 4 atom stereocenters. The third-order valence-corrected chi connectivity index (χ3v) is 5.92. The zero-order valence-corrected chi connectivity index (χ0v) is 18.9. The number of hydrogen-bond acceptors (Lipinski definition) is 5. The summed E-state index contributed by atoms with van der Waals surface area (Å²) in [5, 5.41) is 13.0. The van der Waals surface area contributed by atoms with E-state index in [0.717, 1.165) is 5.56 Å². The van der Waals surface area contributed by atoms with Crippen LogP contribution >= 0.6 is 0 Å². The predicted octanol–water partition coefficient (Wildman–Crippen LogP) is 2.40. The minimum absolute atomic E-state index is 0.0846. The van der Waals surface area contributed by atoms with Crippen molar-refractivity contribution in [3.05, 3.63) is 54.1 Å². The second-order valence-corrected chi connectivity index (χ2v) is 9.45. The van der Waals surface area contributed by atoms with Gasteiger partial charge in [0.1, 0.15) is 11.9 Å². The highest BCUT2D eigenvalue weighted by Gasteiger charge is 2.42. The molecule has 2 amide bonds. The van der Waals surface area contributed by atoms with E-state index in [4.69, 9.17) is 5.73 Å². The summed E-state index contributed by atoms with van der Waals surface area (Å²) < 4.78 is 14.0. The van der Waals surface area contributed by atoms with Crippen molar-refractivity contribution in [3.8, 4) is 11.1 Å². The molecule has 0 unspecified atom stereocenters. The molecule has 3 rings (SSSR count). The van der Waals surface area contributed by atoms with Crippen molar-refractivity contribution < 1.29 is 19.1 Å². The van der Waals surface area contributed by atoms with Crippen LogP contribution in [0.4, 0.5) is 4.39 Å². The highest BCUT2D eigenvalue weighted by atomic mass is 19.1. The first-order valence-corrected chi connectivity index (χ1v) is 10.7. The van der Waals surface area contributed by atoms with E-state index in [1.165, 1.54) is 17.3 Å². The SMILES string of the molecule is C[C@H](NC(=O)[C@@H]1C[C@@H](O)CN1C(=O)[C@@H](N)C(C)(C)C)c1ccc(-c2ccncc2F)cc1. The van der Waals surface area contributed by atoms with Gasteiger partial charge in [-0.25, -0.2) is 4.39 Å². The van der Waals surface area contributed by atoms with Crippen LogP contribution in [0.5, 0.6) is 0 Å². The highest BCUT2D eigenvalue weighted by Crippen LogP contribution is 2.27. The number of amides is 2. The maximum absolute atomic E-state index is 14.0. The van der Waals surface area contributed by atoms with E-state index >= 15 is 0 Å². The summed E-state index contributed by atoms with van der Waals surface area (Å²) in [5.74, 6) is -1.09. The second kappa shape index (κ2) is 9.34. The van der Waals surface area contributed by atoms with Gasteiger partial charge in [-0.2, -0.15) is 0 Å². The van der Waals surface area contributed by atoms with Crippen LogP contribution in [0.15, 0.2) is 42.7 Å². The molecule has 1 aromatic carbocycles. The van der Waals surface area contributed by atoms with Crippen LogP contribution in [0.2, 0.25) is 0 Å². The van der Waals surface area contributed by atoms with Crippen LogP contribution in [0.3, 0.4) is 0 Å². The van der Waals surface area contributed by atoms with Crippen molar-refractivity contribution in [1.82, 2.24) is 15.2 Å². The van der Waals surface area contributed by atoms with Crippen molar-refractivity contribution in [3.63, 3.8) is 0 Å². The fourth-order valence-electron chi connectivity index (χ4n) is 3.81. The van der Waals surface area contributed by atoms with Gasteiger partial charge in [0.25, 0.3) is 0 Å². The Kier molecular flexibility index (Phi) is 6.95. The van der Waals surface area contributed by atoms with Crippen LogP contribution in [0.25, 0.3) is 11.1 Å². The fraction of sp³-hybridized carbons (Fsp3) is 0.458. The number of halogens is 1. The van der Waals surface area contributed by atoms with Gasteiger partial charge < -0.3 is 21.1 Å². The third-order valence-electron chi connectivity index (χ3n) is 5.92. The van der Waals surface area contributed by atoms with E-state index in [9.17, 15) is 19.1 Å². The van der Waals surface area contributed by atoms with Crippen LogP contribution in [0, 0.1) is 11.2 Å². The normalized spacial score (nSPS) is 20.7. The number of carbonyl (C=O) groups excluding carboxylic acids is 2. The number of nitrogens with one attached hydrogen (secondary N) is 1. The van der Waals surface area contributed by atoms with Crippen molar-refractivity contribution in [2.24, 2.45) is 11.1 Å². The largest absolute Gasteiger partial charge is 0.391 e. The lowest BCUT2D eigenvalue weighted by Crippen LogP contribution is -2.55. The smallest absolute Gasteiger partial charge is 0.243 e. The molecule has 2 aromatic rings. The van der Waals surface area contributed by atoms with Gasteiger partial charge in [0.05, 0.1) is 24.4 Å². The fourth-order valence-corrected chi connectivity index (χ4v) is 3.81. The molecule has 32 heavy (non-hydrogen) atoms. The summed E-state index contributed by atoms with van der Waals surface area (Å²) in [6, 6.07) is 6.92. The number of aliphatic hydroxyl groups excluding tert-OH is 1. The minimum atomic E-state index is -0.779. The van der Waals surface area contributed by atoms with Gasteiger partial charge in [-0.1, -0.05) is 45.0 Å². The molecule has 172 valence electrons. The first-order chi connectivity index (χ1) is 15.0. The van der Waals surface area contributed by atoms with E-state index < -0.39 is 29.4 Å². The molecule has 0 bridgehead atoms. The van der Waals surface area contributed by atoms with Crippen LogP contribution in [-0.2, 0) is 9.59 Å². The number of rotatable bonds is 5. The summed E-state index contributed by atoms with van der Waals surface area (Å²) in [7, 11) is 0. The number of likely N-dealkylation sites (tertiary alicyclic amines) is 1. The summed E-state index contributed by atoms with van der Waals surface area (Å²) in [6.45, 7) is 7.50. The Morgan fingerprint density at radius 2 is 1.91 bits per heavy atom. The number of nitrogens with two attached hydrogens (primary N) is 1. The number of nitrogens with zero attached hydrogens (tertiary/aromatic N) is 2. The maximum atomic E-state index is 14.0. The summed E-state index contributed by atoms with van der Waals surface area (Å²) in [6.07, 6.45) is 2.10. The molecule has 0 saturated carbocycles. The number of benzene rings is 1. The van der Waals surface area contributed by atoms with Crippen molar-refractivity contribution in [2.75, 3.05) is 6.54 Å². The molecule has 1 aliphatic heterocycles. The molecule has 0 spiro atoms. The summed E-state index contributed by atoms with van der Waals surface area (Å²) in [4.78, 5) is 31.0. The lowest BCUT2D eigenvalue weighted by Gasteiger charge is -2.32. The predicted molar refractivity (Wildman–Crippen MR) is 120 cm³/mol. The molecule has 0 radical (unpaired) electrons. The zero-order chi connectivity index (χ0) is 23.6. The Hall–Kier alpha value is -2.84. The Bertz CT molecular complexity index is 974. The number of carbonyl (C=O) groups is 2. The molecular formula is C24H31FN4O3. The Labute approximate surface area is 187 Å². The van der Waals surface area contributed by atoms with Gasteiger partial charge >= 0.3 is 0 Å². The van der Waals surface area contributed by atoms with Crippen LogP contribution in [0.1, 0.15) is 45.7 Å². The molecule has 0 aliphatic carbocycles. The monoisotopic (exact) mass is 442 g/mol. The Balaban J connectivity index is 1.70. The standard InChI is InChI=1S/C24H31FN4O3/c1-14(15-5-7-16(8-6-15)18-9-10-27-12-19(18)25)28-22(31)20-11-17(30)13-29(20)23(32)21(26)24(2,3)4/h5-10,12,14,17,20-21,30H,11,13,26H2,1-4H3,(H,28,31)/t14-,17+,20-,21+/m0/s1. The minimum Gasteiger partial charge on any atom is -0.391 e. The first kappa shape index (κ1) is 23.8. The molecule has 7 nitrogen and oxygen atoms in total. The van der Waals surface area contributed by atoms with E-state index in [2.05, 4.69) is 10.3 Å². The molecule has 1 saturated heterocycles. The van der Waals surface area contributed by atoms with Gasteiger partial charge in [-0.05, 0) is 29.5 Å². The van der Waals surface area contributed by atoms with E-state index in [1.54, 1.807) is 18.2 Å². The average Bonchev–Trinajstić information content (AvgIpc) is 3.14. The van der Waals surface area contributed by atoms with Crippen LogP contribution in [-0.4, -0.2) is 51.5 Å². The molecular weight excluding hydrogens is 411 g/mol. The van der Waals surface area contributed by atoms with Crippen molar-refractivity contribution >= 4 is 11.8 Å². The highest BCUT2D eigenvalue weighted by molar-refractivity contribution is 5.91. The molecule has 8 heteroatoms. The zero-order valence-electron chi connectivity index (χ0n) is 18.9. The molecule has 1 aliphatic rings. The first-order valence-electron chi connectivity index (χ1n) is 10.7. The Morgan fingerprint density at radius 3 is 2.50 bits per heavy atom. The number of pyridine rings is 1. The summed E-state index contributed by atoms with van der Waals surface area (Å²) >= 11 is 0. The lowest BCUT2D eigenvalue weighted by atomic mass is 9.86. The van der Waals surface area contributed by atoms with Gasteiger partial charge in [0.2, 0.25) is 11.8 Å².